The zero-order valence-electron chi connectivity index (χ0n) is 19.4. The highest BCUT2D eigenvalue weighted by molar-refractivity contribution is 5.93. The first-order valence-corrected chi connectivity index (χ1v) is 11.0. The topological polar surface area (TPSA) is 102 Å². The van der Waals surface area contributed by atoms with Crippen LogP contribution in [-0.2, 0) is 14.4 Å². The quantitative estimate of drug-likeness (QED) is 0.452. The number of likely N-dealkylation sites (tertiary alicyclic amines) is 1. The summed E-state index contributed by atoms with van der Waals surface area (Å²) in [4.78, 5) is 41.6. The molecule has 1 rings (SSSR count). The van der Waals surface area contributed by atoms with E-state index < -0.39 is 6.04 Å². The Morgan fingerprint density at radius 3 is 2.43 bits per heavy atom. The summed E-state index contributed by atoms with van der Waals surface area (Å²) < 4.78 is 0. The van der Waals surface area contributed by atoms with Crippen LogP contribution in [-0.4, -0.2) is 84.0 Å². The molecule has 0 aliphatic carbocycles. The predicted octanol–water partition coefficient (Wildman–Crippen LogP) is 0.903. The number of aliphatic hydroxyl groups is 1. The van der Waals surface area contributed by atoms with E-state index in [9.17, 15) is 14.4 Å². The van der Waals surface area contributed by atoms with Gasteiger partial charge in [0, 0.05) is 31.8 Å². The Hall–Kier alpha value is -1.93. The van der Waals surface area contributed by atoms with Crippen LogP contribution >= 0.6 is 0 Å². The number of piperidine rings is 1. The zero-order chi connectivity index (χ0) is 22.8. The third kappa shape index (κ3) is 7.72. The fourth-order valence-electron chi connectivity index (χ4n) is 3.62. The van der Waals surface area contributed by atoms with Gasteiger partial charge in [0.2, 0.25) is 17.7 Å². The van der Waals surface area contributed by atoms with Crippen LogP contribution in [0.3, 0.4) is 0 Å². The molecule has 0 bridgehead atoms. The molecule has 8 heteroatoms. The van der Waals surface area contributed by atoms with Gasteiger partial charge in [-0.05, 0) is 46.1 Å². The molecule has 1 saturated heterocycles. The Morgan fingerprint density at radius 1 is 1.20 bits per heavy atom. The fraction of sp³-hybridized carbons (Fsp3) is 0.773. The minimum atomic E-state index is -0.615. The van der Waals surface area contributed by atoms with E-state index >= 15 is 0 Å². The maximum Gasteiger partial charge on any atom is 0.246 e. The Kier molecular flexibility index (Phi) is 11.0. The number of likely N-dealkylation sites (N-methyl/N-ethyl adjacent to an activating group) is 1. The molecular weight excluding hydrogens is 384 g/mol. The van der Waals surface area contributed by atoms with E-state index in [0.717, 1.165) is 25.8 Å². The summed E-state index contributed by atoms with van der Waals surface area (Å²) in [7, 11) is 1.67. The average Bonchev–Trinajstić information content (AvgIpc) is 2.72. The first kappa shape index (κ1) is 26.1. The molecule has 1 aliphatic heterocycles. The van der Waals surface area contributed by atoms with Crippen LogP contribution in [0.25, 0.3) is 0 Å². The summed E-state index contributed by atoms with van der Waals surface area (Å²) in [5.74, 6) is -0.591. The van der Waals surface area contributed by atoms with Gasteiger partial charge in [-0.3, -0.25) is 19.3 Å². The van der Waals surface area contributed by atoms with E-state index in [1.54, 1.807) is 20.0 Å². The third-order valence-electron chi connectivity index (χ3n) is 5.54. The van der Waals surface area contributed by atoms with E-state index in [-0.39, 0.29) is 55.4 Å². The molecule has 3 amide bonds. The SMILES string of the molecule is C/C(=C\CN(C)C(=O)C(NC(=O)C1CCCCN1C(C)C)C(C)C)C(=O)NCCO. The number of hydrogen-bond acceptors (Lipinski definition) is 5. The number of carbonyl (C=O) groups excluding carboxylic acids is 3. The molecule has 0 spiro atoms. The number of nitrogens with one attached hydrogen (secondary N) is 2. The van der Waals surface area contributed by atoms with Crippen molar-refractivity contribution >= 4 is 17.7 Å². The van der Waals surface area contributed by atoms with Gasteiger partial charge in [0.1, 0.15) is 6.04 Å². The molecule has 1 heterocycles. The molecule has 0 aromatic carbocycles. The summed E-state index contributed by atoms with van der Waals surface area (Å²) in [5.41, 5.74) is 0.475. The Labute approximate surface area is 181 Å². The van der Waals surface area contributed by atoms with Gasteiger partial charge in [-0.15, -0.1) is 0 Å². The van der Waals surface area contributed by atoms with Crippen molar-refractivity contribution < 1.29 is 19.5 Å². The normalized spacial score (nSPS) is 19.0. The van der Waals surface area contributed by atoms with E-state index in [4.69, 9.17) is 5.11 Å². The predicted molar refractivity (Wildman–Crippen MR) is 118 cm³/mol. The number of nitrogens with zero attached hydrogens (tertiary/aromatic N) is 2. The molecule has 0 aromatic heterocycles. The van der Waals surface area contributed by atoms with Gasteiger partial charge in [0.15, 0.2) is 0 Å². The number of hydrogen-bond donors (Lipinski definition) is 3. The fourth-order valence-corrected chi connectivity index (χ4v) is 3.62. The molecule has 2 atom stereocenters. The standard InChI is InChI=1S/C22H40N4O4/c1-15(2)19(24-21(29)18-9-7-8-12-26(18)16(3)4)22(30)25(6)13-10-17(5)20(28)23-11-14-27/h10,15-16,18-19,27H,7-9,11-14H2,1-6H3,(H,23,28)(H,24,29)/b17-10+. The lowest BCUT2D eigenvalue weighted by Gasteiger charge is -2.38. The summed E-state index contributed by atoms with van der Waals surface area (Å²) >= 11 is 0. The van der Waals surface area contributed by atoms with Crippen LogP contribution < -0.4 is 10.6 Å². The summed E-state index contributed by atoms with van der Waals surface area (Å²) in [5, 5.41) is 14.4. The second kappa shape index (κ2) is 12.7. The molecule has 0 aromatic rings. The molecule has 1 aliphatic rings. The zero-order valence-corrected chi connectivity index (χ0v) is 19.4. The van der Waals surface area contributed by atoms with Crippen molar-refractivity contribution in [3.05, 3.63) is 11.6 Å². The van der Waals surface area contributed by atoms with Crippen LogP contribution in [0.15, 0.2) is 11.6 Å². The van der Waals surface area contributed by atoms with Crippen molar-refractivity contribution in [1.29, 1.82) is 0 Å². The van der Waals surface area contributed by atoms with E-state index in [2.05, 4.69) is 29.4 Å². The van der Waals surface area contributed by atoms with E-state index in [1.165, 1.54) is 4.90 Å². The second-order valence-electron chi connectivity index (χ2n) is 8.66. The number of aliphatic hydroxyl groups excluding tert-OH is 1. The Balaban J connectivity index is 2.77. The summed E-state index contributed by atoms with van der Waals surface area (Å²) in [6.45, 7) is 10.9. The van der Waals surface area contributed by atoms with Crippen molar-refractivity contribution in [1.82, 2.24) is 20.4 Å². The lowest BCUT2D eigenvalue weighted by molar-refractivity contribution is -0.138. The molecule has 8 nitrogen and oxygen atoms in total. The maximum absolute atomic E-state index is 13.0. The number of rotatable bonds is 10. The Morgan fingerprint density at radius 2 is 1.87 bits per heavy atom. The minimum Gasteiger partial charge on any atom is -0.395 e. The first-order chi connectivity index (χ1) is 14.1. The van der Waals surface area contributed by atoms with E-state index in [1.807, 2.05) is 13.8 Å². The molecule has 30 heavy (non-hydrogen) atoms. The van der Waals surface area contributed by atoms with Gasteiger partial charge < -0.3 is 20.6 Å². The average molecular weight is 425 g/mol. The number of amides is 3. The molecule has 2 unspecified atom stereocenters. The van der Waals surface area contributed by atoms with Gasteiger partial charge in [0.05, 0.1) is 12.6 Å². The van der Waals surface area contributed by atoms with Crippen molar-refractivity contribution in [2.24, 2.45) is 5.92 Å². The summed E-state index contributed by atoms with van der Waals surface area (Å²) in [6, 6.07) is -0.534. The lowest BCUT2D eigenvalue weighted by Crippen LogP contribution is -2.57. The summed E-state index contributed by atoms with van der Waals surface area (Å²) in [6.07, 6.45) is 4.59. The van der Waals surface area contributed by atoms with Gasteiger partial charge in [-0.1, -0.05) is 26.3 Å². The van der Waals surface area contributed by atoms with Crippen LogP contribution in [0, 0.1) is 5.92 Å². The first-order valence-electron chi connectivity index (χ1n) is 11.0. The largest absolute Gasteiger partial charge is 0.395 e. The highest BCUT2D eigenvalue weighted by Gasteiger charge is 2.34. The molecule has 3 N–H and O–H groups in total. The van der Waals surface area contributed by atoms with Crippen LogP contribution in [0.5, 0.6) is 0 Å². The Bertz CT molecular complexity index is 618. The van der Waals surface area contributed by atoms with Crippen molar-refractivity contribution in [3.63, 3.8) is 0 Å². The molecule has 0 saturated carbocycles. The second-order valence-corrected chi connectivity index (χ2v) is 8.66. The maximum atomic E-state index is 13.0. The van der Waals surface area contributed by atoms with Gasteiger partial charge in [-0.2, -0.15) is 0 Å². The van der Waals surface area contributed by atoms with Crippen LogP contribution in [0.1, 0.15) is 53.9 Å². The van der Waals surface area contributed by atoms with Crippen molar-refractivity contribution in [2.45, 2.75) is 72.0 Å². The monoisotopic (exact) mass is 424 g/mol. The molecule has 172 valence electrons. The molecule has 0 radical (unpaired) electrons. The number of carbonyl (C=O) groups is 3. The smallest absolute Gasteiger partial charge is 0.246 e. The highest BCUT2D eigenvalue weighted by Crippen LogP contribution is 2.20. The van der Waals surface area contributed by atoms with Crippen molar-refractivity contribution in [2.75, 3.05) is 33.3 Å². The molecule has 1 fully saturated rings. The lowest BCUT2D eigenvalue weighted by atomic mass is 9.97. The van der Waals surface area contributed by atoms with Gasteiger partial charge in [0.25, 0.3) is 0 Å². The van der Waals surface area contributed by atoms with Crippen molar-refractivity contribution in [3.8, 4) is 0 Å². The van der Waals surface area contributed by atoms with Gasteiger partial charge in [-0.25, -0.2) is 0 Å². The molecular formula is C22H40N4O4. The van der Waals surface area contributed by atoms with Crippen LogP contribution in [0.4, 0.5) is 0 Å². The van der Waals surface area contributed by atoms with E-state index in [0.29, 0.717) is 5.57 Å². The van der Waals surface area contributed by atoms with Gasteiger partial charge >= 0.3 is 0 Å². The highest BCUT2D eigenvalue weighted by atomic mass is 16.3. The third-order valence-corrected chi connectivity index (χ3v) is 5.54. The van der Waals surface area contributed by atoms with Crippen LogP contribution in [0.2, 0.25) is 0 Å². The minimum absolute atomic E-state index is 0.0575.